The highest BCUT2D eigenvalue weighted by Gasteiger charge is 2.10. The third-order valence-electron chi connectivity index (χ3n) is 4.13. The Balaban J connectivity index is 1.81. The molecule has 1 N–H and O–H groups in total. The smallest absolute Gasteiger partial charge is 0.271 e. The van der Waals surface area contributed by atoms with Crippen molar-refractivity contribution < 1.29 is 14.3 Å². The molecule has 6 nitrogen and oxygen atoms in total. The number of para-hydroxylation sites is 1. The number of nitrogens with zero attached hydrogens (tertiary/aromatic N) is 2. The molecule has 1 aromatic heterocycles. The number of carbonyl (C=O) groups is 1. The molecular weight excluding hydrogens is 342 g/mol. The number of hydrogen-bond acceptors (Lipinski definition) is 4. The van der Waals surface area contributed by atoms with E-state index in [-0.39, 0.29) is 5.91 Å². The number of allylic oxidation sites excluding steroid dienone is 1. The van der Waals surface area contributed by atoms with Gasteiger partial charge in [0.05, 0.1) is 20.4 Å². The van der Waals surface area contributed by atoms with Crippen molar-refractivity contribution in [2.45, 2.75) is 6.54 Å². The molecule has 0 saturated carbocycles. The van der Waals surface area contributed by atoms with Gasteiger partial charge in [0.1, 0.15) is 11.5 Å². The molecule has 0 spiro atoms. The van der Waals surface area contributed by atoms with Gasteiger partial charge in [0, 0.05) is 40.8 Å². The molecule has 0 unspecified atom stereocenters. The summed E-state index contributed by atoms with van der Waals surface area (Å²) >= 11 is 0. The zero-order chi connectivity index (χ0) is 19.2. The van der Waals surface area contributed by atoms with E-state index in [9.17, 15) is 4.79 Å². The number of ether oxygens (including phenoxy) is 2. The van der Waals surface area contributed by atoms with Crippen molar-refractivity contribution in [3.8, 4) is 11.5 Å². The number of nitrogens with one attached hydrogen (secondary N) is 1. The van der Waals surface area contributed by atoms with E-state index in [1.807, 2.05) is 36.5 Å². The molecule has 27 heavy (non-hydrogen) atoms. The lowest BCUT2D eigenvalue weighted by Gasteiger charge is -2.07. The molecule has 0 bridgehead atoms. The normalized spacial score (nSPS) is 10.9. The summed E-state index contributed by atoms with van der Waals surface area (Å²) in [5.74, 6) is 0.727. The molecule has 0 radical (unpaired) electrons. The molecule has 0 aliphatic carbocycles. The fourth-order valence-corrected chi connectivity index (χ4v) is 2.83. The van der Waals surface area contributed by atoms with E-state index in [4.69, 9.17) is 9.47 Å². The number of fused-ring (bicyclic) bond motifs is 1. The lowest BCUT2D eigenvalue weighted by atomic mass is 10.2. The standard InChI is InChI=1S/C21H21N3O3/c1-4-9-24-14-16(19-7-5-6-8-20(19)24)13-22-23-21(25)15-10-17(26-2)12-18(11-15)27-3/h4-8,10-14H,1,9H2,2-3H3,(H,23,25). The van der Waals surface area contributed by atoms with E-state index < -0.39 is 0 Å². The maximum absolute atomic E-state index is 12.4. The molecule has 138 valence electrons. The molecular formula is C21H21N3O3. The Hall–Kier alpha value is -3.54. The van der Waals surface area contributed by atoms with Crippen molar-refractivity contribution in [1.29, 1.82) is 0 Å². The summed E-state index contributed by atoms with van der Waals surface area (Å²) in [5.41, 5.74) is 4.95. The third kappa shape index (κ3) is 4.00. The van der Waals surface area contributed by atoms with Crippen molar-refractivity contribution in [2.24, 2.45) is 5.10 Å². The van der Waals surface area contributed by atoms with Crippen LogP contribution in [0.15, 0.2) is 66.4 Å². The molecule has 0 aliphatic rings. The van der Waals surface area contributed by atoms with Gasteiger partial charge in [0.15, 0.2) is 0 Å². The van der Waals surface area contributed by atoms with Crippen LogP contribution in [0.2, 0.25) is 0 Å². The zero-order valence-corrected chi connectivity index (χ0v) is 15.3. The summed E-state index contributed by atoms with van der Waals surface area (Å²) in [7, 11) is 3.07. The maximum Gasteiger partial charge on any atom is 0.271 e. The van der Waals surface area contributed by atoms with Crippen LogP contribution in [-0.4, -0.2) is 30.9 Å². The molecule has 0 aliphatic heterocycles. The predicted molar refractivity (Wildman–Crippen MR) is 107 cm³/mol. The number of rotatable bonds is 7. The van der Waals surface area contributed by atoms with Crippen LogP contribution in [-0.2, 0) is 6.54 Å². The molecule has 0 saturated heterocycles. The molecule has 3 rings (SSSR count). The summed E-state index contributed by atoms with van der Waals surface area (Å²) in [6.07, 6.45) is 5.46. The second-order valence-corrected chi connectivity index (χ2v) is 5.84. The first-order valence-corrected chi connectivity index (χ1v) is 8.41. The highest BCUT2D eigenvalue weighted by molar-refractivity contribution is 6.00. The fourth-order valence-electron chi connectivity index (χ4n) is 2.83. The second-order valence-electron chi connectivity index (χ2n) is 5.84. The van der Waals surface area contributed by atoms with Crippen molar-refractivity contribution in [1.82, 2.24) is 9.99 Å². The molecule has 3 aromatic rings. The Labute approximate surface area is 157 Å². The van der Waals surface area contributed by atoms with Crippen LogP contribution in [0.1, 0.15) is 15.9 Å². The van der Waals surface area contributed by atoms with Crippen LogP contribution < -0.4 is 14.9 Å². The Morgan fingerprint density at radius 3 is 2.56 bits per heavy atom. The maximum atomic E-state index is 12.4. The average molecular weight is 363 g/mol. The van der Waals surface area contributed by atoms with Crippen LogP contribution in [0.5, 0.6) is 11.5 Å². The van der Waals surface area contributed by atoms with Crippen molar-refractivity contribution >= 4 is 23.0 Å². The zero-order valence-electron chi connectivity index (χ0n) is 15.3. The van der Waals surface area contributed by atoms with Gasteiger partial charge in [-0.1, -0.05) is 24.3 Å². The van der Waals surface area contributed by atoms with Gasteiger partial charge in [-0.15, -0.1) is 6.58 Å². The SMILES string of the molecule is C=CCn1cc(C=NNC(=O)c2cc(OC)cc(OC)c2)c2ccccc21. The third-order valence-corrected chi connectivity index (χ3v) is 4.13. The lowest BCUT2D eigenvalue weighted by Crippen LogP contribution is -2.17. The van der Waals surface area contributed by atoms with E-state index in [1.54, 1.807) is 24.4 Å². The van der Waals surface area contributed by atoms with Crippen LogP contribution in [0.4, 0.5) is 0 Å². The minimum atomic E-state index is -0.349. The van der Waals surface area contributed by atoms with Crippen LogP contribution >= 0.6 is 0 Å². The van der Waals surface area contributed by atoms with Gasteiger partial charge in [-0.25, -0.2) is 5.43 Å². The van der Waals surface area contributed by atoms with Crippen LogP contribution in [0.3, 0.4) is 0 Å². The van der Waals surface area contributed by atoms with Gasteiger partial charge >= 0.3 is 0 Å². The summed E-state index contributed by atoms with van der Waals surface area (Å²) in [6, 6.07) is 13.0. The number of hydrogen-bond donors (Lipinski definition) is 1. The van der Waals surface area contributed by atoms with Gasteiger partial charge in [-0.2, -0.15) is 5.10 Å². The summed E-state index contributed by atoms with van der Waals surface area (Å²) in [4.78, 5) is 12.4. The van der Waals surface area contributed by atoms with Crippen molar-refractivity contribution in [2.75, 3.05) is 14.2 Å². The summed E-state index contributed by atoms with van der Waals surface area (Å²) in [6.45, 7) is 4.49. The lowest BCUT2D eigenvalue weighted by molar-refractivity contribution is 0.0954. The fraction of sp³-hybridized carbons (Fsp3) is 0.143. The monoisotopic (exact) mass is 363 g/mol. The number of amides is 1. The Morgan fingerprint density at radius 2 is 1.89 bits per heavy atom. The van der Waals surface area contributed by atoms with Gasteiger partial charge < -0.3 is 14.0 Å². The van der Waals surface area contributed by atoms with E-state index in [0.29, 0.717) is 23.6 Å². The van der Waals surface area contributed by atoms with Gasteiger partial charge in [0.25, 0.3) is 5.91 Å². The van der Waals surface area contributed by atoms with E-state index in [2.05, 4.69) is 21.7 Å². The first kappa shape index (κ1) is 18.3. The van der Waals surface area contributed by atoms with Crippen molar-refractivity contribution in [3.05, 3.63) is 72.4 Å². The number of benzene rings is 2. The molecule has 0 fully saturated rings. The van der Waals surface area contributed by atoms with Gasteiger partial charge in [-0.3, -0.25) is 4.79 Å². The minimum absolute atomic E-state index is 0.349. The Bertz CT molecular complexity index is 983. The first-order valence-electron chi connectivity index (χ1n) is 8.41. The average Bonchev–Trinajstić information content (AvgIpc) is 3.05. The number of carbonyl (C=O) groups excluding carboxylic acids is 1. The Kier molecular flexibility index (Phi) is 5.56. The largest absolute Gasteiger partial charge is 0.497 e. The van der Waals surface area contributed by atoms with E-state index >= 15 is 0 Å². The van der Waals surface area contributed by atoms with E-state index in [0.717, 1.165) is 16.5 Å². The number of aromatic nitrogens is 1. The minimum Gasteiger partial charge on any atom is -0.497 e. The molecule has 6 heteroatoms. The van der Waals surface area contributed by atoms with Crippen LogP contribution in [0.25, 0.3) is 10.9 Å². The summed E-state index contributed by atoms with van der Waals surface area (Å²) in [5, 5.41) is 5.16. The predicted octanol–water partition coefficient (Wildman–Crippen LogP) is 3.61. The van der Waals surface area contributed by atoms with Crippen molar-refractivity contribution in [3.63, 3.8) is 0 Å². The first-order chi connectivity index (χ1) is 13.2. The molecule has 1 amide bonds. The Morgan fingerprint density at radius 1 is 1.19 bits per heavy atom. The summed E-state index contributed by atoms with van der Waals surface area (Å²) < 4.78 is 12.5. The topological polar surface area (TPSA) is 64.9 Å². The highest BCUT2D eigenvalue weighted by Crippen LogP contribution is 2.22. The number of hydrazone groups is 1. The molecule has 0 atom stereocenters. The van der Waals surface area contributed by atoms with E-state index in [1.165, 1.54) is 14.2 Å². The highest BCUT2D eigenvalue weighted by atomic mass is 16.5. The quantitative estimate of drug-likeness (QED) is 0.396. The molecule has 1 heterocycles. The van der Waals surface area contributed by atoms with Gasteiger partial charge in [-0.05, 0) is 18.2 Å². The van der Waals surface area contributed by atoms with Gasteiger partial charge in [0.2, 0.25) is 0 Å². The second kappa shape index (κ2) is 8.23. The molecule has 2 aromatic carbocycles. The van der Waals surface area contributed by atoms with Crippen LogP contribution in [0, 0.1) is 0 Å². The number of methoxy groups -OCH3 is 2.